The van der Waals surface area contributed by atoms with Crippen LogP contribution in [0.5, 0.6) is 0 Å². The number of carboxylic acid groups (broad SMARTS) is 1. The smallest absolute Gasteiger partial charge is 0.407 e. The third kappa shape index (κ3) is 5.18. The number of rotatable bonds is 8. The predicted octanol–water partition coefficient (Wildman–Crippen LogP) is 4.06. The number of hydrogen-bond donors (Lipinski definition) is 3. The van der Waals surface area contributed by atoms with Crippen molar-refractivity contribution in [1.29, 1.82) is 0 Å². The molecule has 0 bridgehead atoms. The van der Waals surface area contributed by atoms with Crippen LogP contribution in [0.25, 0.3) is 11.1 Å². The lowest BCUT2D eigenvalue weighted by molar-refractivity contribution is -0.142. The maximum absolute atomic E-state index is 12.5. The quantitative estimate of drug-likeness (QED) is 0.563. The highest BCUT2D eigenvalue weighted by Gasteiger charge is 2.31. The number of fused-ring (bicyclic) bond motifs is 3. The van der Waals surface area contributed by atoms with Gasteiger partial charge >= 0.3 is 12.1 Å². The van der Waals surface area contributed by atoms with E-state index in [0.717, 1.165) is 12.8 Å². The standard InChI is InChI=1S/C26H30N2O5/c1-2-23(25(30)31)28-24(29)14-16-11-12-17(13-16)27-26(32)33-15-22-20-9-5-3-7-18(20)19-8-4-6-10-21(19)22/h3-10,16-17,22-23H,2,11-15H2,1H3,(H,27,32)(H,28,29)(H,30,31). The first-order valence-electron chi connectivity index (χ1n) is 11.6. The zero-order chi connectivity index (χ0) is 23.4. The molecule has 0 aromatic heterocycles. The van der Waals surface area contributed by atoms with E-state index in [0.29, 0.717) is 12.8 Å². The van der Waals surface area contributed by atoms with Crippen molar-refractivity contribution in [2.75, 3.05) is 6.61 Å². The van der Waals surface area contributed by atoms with E-state index in [2.05, 4.69) is 34.9 Å². The zero-order valence-electron chi connectivity index (χ0n) is 18.8. The minimum Gasteiger partial charge on any atom is -0.480 e. The summed E-state index contributed by atoms with van der Waals surface area (Å²) in [4.78, 5) is 35.7. The number of carbonyl (C=O) groups is 3. The molecule has 3 N–H and O–H groups in total. The Kier molecular flexibility index (Phi) is 6.96. The Morgan fingerprint density at radius 3 is 2.27 bits per heavy atom. The number of alkyl carbamates (subject to hydrolysis) is 1. The number of aliphatic carboxylic acids is 1. The van der Waals surface area contributed by atoms with Crippen molar-refractivity contribution in [2.24, 2.45) is 5.92 Å². The molecular formula is C26H30N2O5. The molecule has 0 aliphatic heterocycles. The molecule has 2 aliphatic carbocycles. The number of carbonyl (C=O) groups excluding carboxylic acids is 2. The lowest BCUT2D eigenvalue weighted by atomic mass is 9.98. The molecule has 1 fully saturated rings. The van der Waals surface area contributed by atoms with E-state index >= 15 is 0 Å². The van der Waals surface area contributed by atoms with E-state index in [-0.39, 0.29) is 36.8 Å². The van der Waals surface area contributed by atoms with Crippen molar-refractivity contribution in [2.45, 2.75) is 57.0 Å². The number of benzene rings is 2. The topological polar surface area (TPSA) is 105 Å². The number of carboxylic acids is 1. The van der Waals surface area contributed by atoms with E-state index in [1.165, 1.54) is 22.3 Å². The second-order valence-corrected chi connectivity index (χ2v) is 8.92. The summed E-state index contributed by atoms with van der Waals surface area (Å²) >= 11 is 0. The number of hydrogen-bond acceptors (Lipinski definition) is 4. The summed E-state index contributed by atoms with van der Waals surface area (Å²) < 4.78 is 5.62. The Hall–Kier alpha value is -3.35. The van der Waals surface area contributed by atoms with Gasteiger partial charge in [-0.1, -0.05) is 55.5 Å². The molecule has 0 saturated heterocycles. The van der Waals surface area contributed by atoms with Crippen LogP contribution in [0, 0.1) is 5.92 Å². The van der Waals surface area contributed by atoms with Gasteiger partial charge in [-0.15, -0.1) is 0 Å². The van der Waals surface area contributed by atoms with Crippen LogP contribution in [0.1, 0.15) is 56.1 Å². The minimum absolute atomic E-state index is 0.0175. The summed E-state index contributed by atoms with van der Waals surface area (Å²) in [6.07, 6.45) is 2.44. The second kappa shape index (κ2) is 10.1. The van der Waals surface area contributed by atoms with Crippen molar-refractivity contribution in [3.05, 3.63) is 59.7 Å². The van der Waals surface area contributed by atoms with Crippen LogP contribution >= 0.6 is 0 Å². The number of amides is 2. The van der Waals surface area contributed by atoms with E-state index in [1.54, 1.807) is 6.92 Å². The van der Waals surface area contributed by atoms with Crippen LogP contribution in [0.15, 0.2) is 48.5 Å². The van der Waals surface area contributed by atoms with Gasteiger partial charge in [0.15, 0.2) is 0 Å². The second-order valence-electron chi connectivity index (χ2n) is 8.92. The average molecular weight is 451 g/mol. The van der Waals surface area contributed by atoms with Crippen LogP contribution < -0.4 is 10.6 Å². The molecule has 3 unspecified atom stereocenters. The molecule has 0 heterocycles. The van der Waals surface area contributed by atoms with E-state index in [9.17, 15) is 14.4 Å². The SMILES string of the molecule is CCC(NC(=O)CC1CCC(NC(=O)OCC2c3ccccc3-c3ccccc32)C1)C(=O)O. The molecule has 3 atom stereocenters. The Balaban J connectivity index is 1.26. The van der Waals surface area contributed by atoms with E-state index in [4.69, 9.17) is 9.84 Å². The van der Waals surface area contributed by atoms with Gasteiger partial charge in [-0.25, -0.2) is 9.59 Å². The minimum atomic E-state index is -1.02. The zero-order valence-corrected chi connectivity index (χ0v) is 18.8. The average Bonchev–Trinajstić information content (AvgIpc) is 3.37. The summed E-state index contributed by atoms with van der Waals surface area (Å²) in [6, 6.07) is 15.5. The summed E-state index contributed by atoms with van der Waals surface area (Å²) in [5.74, 6) is -1.14. The van der Waals surface area contributed by atoms with E-state index < -0.39 is 18.1 Å². The molecule has 33 heavy (non-hydrogen) atoms. The number of nitrogens with one attached hydrogen (secondary N) is 2. The van der Waals surface area contributed by atoms with Crippen LogP contribution in [0.4, 0.5) is 4.79 Å². The van der Waals surface area contributed by atoms with Crippen molar-refractivity contribution in [3.63, 3.8) is 0 Å². The van der Waals surface area contributed by atoms with Crippen LogP contribution in [0.2, 0.25) is 0 Å². The van der Waals surface area contributed by atoms with Gasteiger partial charge in [0.1, 0.15) is 12.6 Å². The summed E-state index contributed by atoms with van der Waals surface area (Å²) in [7, 11) is 0. The van der Waals surface area contributed by atoms with Gasteiger partial charge in [-0.3, -0.25) is 4.79 Å². The van der Waals surface area contributed by atoms with Gasteiger partial charge in [0.2, 0.25) is 5.91 Å². The monoisotopic (exact) mass is 450 g/mol. The van der Waals surface area contributed by atoms with Crippen molar-refractivity contribution in [3.8, 4) is 11.1 Å². The molecule has 2 aromatic rings. The Labute approximate surface area is 193 Å². The first kappa shape index (κ1) is 22.8. The summed E-state index contributed by atoms with van der Waals surface area (Å²) in [5.41, 5.74) is 4.72. The fourth-order valence-electron chi connectivity index (χ4n) is 5.05. The van der Waals surface area contributed by atoms with Gasteiger partial charge in [0, 0.05) is 18.4 Å². The Morgan fingerprint density at radius 2 is 1.67 bits per heavy atom. The van der Waals surface area contributed by atoms with E-state index in [1.807, 2.05) is 24.3 Å². The fraction of sp³-hybridized carbons (Fsp3) is 0.423. The normalized spacial score (nSPS) is 19.9. The third-order valence-electron chi connectivity index (χ3n) is 6.72. The fourth-order valence-corrected chi connectivity index (χ4v) is 5.05. The van der Waals surface area contributed by atoms with Gasteiger partial charge < -0.3 is 20.5 Å². The predicted molar refractivity (Wildman–Crippen MR) is 124 cm³/mol. The lowest BCUT2D eigenvalue weighted by Gasteiger charge is -2.17. The molecule has 7 heteroatoms. The maximum atomic E-state index is 12.5. The van der Waals surface area contributed by atoms with Gasteiger partial charge in [0.25, 0.3) is 0 Å². The first-order chi connectivity index (χ1) is 16.0. The van der Waals surface area contributed by atoms with Gasteiger partial charge in [-0.05, 0) is 53.9 Å². The van der Waals surface area contributed by atoms with Crippen molar-refractivity contribution in [1.82, 2.24) is 10.6 Å². The molecule has 2 aliphatic rings. The van der Waals surface area contributed by atoms with Crippen LogP contribution in [-0.2, 0) is 14.3 Å². The molecule has 0 radical (unpaired) electrons. The highest BCUT2D eigenvalue weighted by atomic mass is 16.5. The highest BCUT2D eigenvalue weighted by molar-refractivity contribution is 5.83. The van der Waals surface area contributed by atoms with Gasteiger partial charge in [0.05, 0.1) is 0 Å². The van der Waals surface area contributed by atoms with Crippen LogP contribution in [0.3, 0.4) is 0 Å². The lowest BCUT2D eigenvalue weighted by Crippen LogP contribution is -2.40. The summed E-state index contributed by atoms with van der Waals surface area (Å²) in [6.45, 7) is 2.00. The molecule has 7 nitrogen and oxygen atoms in total. The Morgan fingerprint density at radius 1 is 1.03 bits per heavy atom. The maximum Gasteiger partial charge on any atom is 0.407 e. The third-order valence-corrected chi connectivity index (χ3v) is 6.72. The molecule has 2 amide bonds. The largest absolute Gasteiger partial charge is 0.480 e. The van der Waals surface area contributed by atoms with Gasteiger partial charge in [-0.2, -0.15) is 0 Å². The Bertz CT molecular complexity index is 991. The molecule has 1 saturated carbocycles. The molecule has 174 valence electrons. The van der Waals surface area contributed by atoms with Crippen molar-refractivity contribution < 1.29 is 24.2 Å². The molecule has 0 spiro atoms. The summed E-state index contributed by atoms with van der Waals surface area (Å²) in [5, 5.41) is 14.6. The van der Waals surface area contributed by atoms with Crippen LogP contribution in [-0.4, -0.2) is 41.8 Å². The number of ether oxygens (including phenoxy) is 1. The van der Waals surface area contributed by atoms with Crippen molar-refractivity contribution >= 4 is 18.0 Å². The first-order valence-corrected chi connectivity index (χ1v) is 11.6. The highest BCUT2D eigenvalue weighted by Crippen LogP contribution is 2.44. The molecule has 2 aromatic carbocycles. The molecular weight excluding hydrogens is 420 g/mol. The molecule has 4 rings (SSSR count).